The van der Waals surface area contributed by atoms with Crippen LogP contribution in [0.4, 0.5) is 18.9 Å². The first-order chi connectivity index (χ1) is 9.72. The van der Waals surface area contributed by atoms with Gasteiger partial charge in [0.2, 0.25) is 0 Å². The van der Waals surface area contributed by atoms with Gasteiger partial charge in [0.15, 0.2) is 5.54 Å². The highest BCUT2D eigenvalue weighted by Crippen LogP contribution is 2.29. The molecular weight excluding hydrogens is 285 g/mol. The maximum Gasteiger partial charge on any atom is 0.415 e. The third-order valence-corrected chi connectivity index (χ3v) is 3.02. The molecule has 112 valence electrons. The SMILES string of the molecule is CC(N)(C(=O)Nc1ccc(-c2ccn[nH]2)cc1)C(F)(F)F. The van der Waals surface area contributed by atoms with Gasteiger partial charge in [-0.3, -0.25) is 9.89 Å². The number of hydrogen-bond acceptors (Lipinski definition) is 3. The third kappa shape index (κ3) is 3.05. The molecule has 2 rings (SSSR count). The number of rotatable bonds is 3. The fourth-order valence-electron chi connectivity index (χ4n) is 1.54. The molecule has 0 aliphatic heterocycles. The van der Waals surface area contributed by atoms with Gasteiger partial charge in [-0.25, -0.2) is 0 Å². The lowest BCUT2D eigenvalue weighted by molar-refractivity contribution is -0.184. The van der Waals surface area contributed by atoms with E-state index in [1.807, 2.05) is 0 Å². The van der Waals surface area contributed by atoms with Crippen LogP contribution in [-0.2, 0) is 4.79 Å². The first kappa shape index (κ1) is 15.0. The van der Waals surface area contributed by atoms with E-state index in [1.165, 1.54) is 12.1 Å². The van der Waals surface area contributed by atoms with E-state index in [0.29, 0.717) is 6.92 Å². The molecule has 1 amide bonds. The number of H-pyrrole nitrogens is 1. The van der Waals surface area contributed by atoms with Crippen molar-refractivity contribution >= 4 is 11.6 Å². The van der Waals surface area contributed by atoms with Crippen molar-refractivity contribution in [3.63, 3.8) is 0 Å². The molecule has 8 heteroatoms. The van der Waals surface area contributed by atoms with Crippen LogP contribution in [0.2, 0.25) is 0 Å². The molecule has 5 nitrogen and oxygen atoms in total. The summed E-state index contributed by atoms with van der Waals surface area (Å²) in [6, 6.07) is 8.00. The molecule has 1 aromatic heterocycles. The number of benzene rings is 1. The number of carbonyl (C=O) groups excluding carboxylic acids is 1. The zero-order chi connectivity index (χ0) is 15.7. The Hall–Kier alpha value is -2.35. The molecule has 2 aromatic rings. The Bertz CT molecular complexity index is 618. The summed E-state index contributed by atoms with van der Waals surface area (Å²) in [6.45, 7) is 0.626. The van der Waals surface area contributed by atoms with E-state index < -0.39 is 17.6 Å². The van der Waals surface area contributed by atoms with Crippen molar-refractivity contribution in [1.29, 1.82) is 0 Å². The number of nitrogens with two attached hydrogens (primary N) is 1. The maximum absolute atomic E-state index is 12.6. The molecule has 1 unspecified atom stereocenters. The van der Waals surface area contributed by atoms with E-state index in [2.05, 4.69) is 15.5 Å². The summed E-state index contributed by atoms with van der Waals surface area (Å²) in [5.41, 5.74) is 3.86. The number of nitrogens with one attached hydrogen (secondary N) is 2. The van der Waals surface area contributed by atoms with Crippen molar-refractivity contribution in [1.82, 2.24) is 10.2 Å². The van der Waals surface area contributed by atoms with Gasteiger partial charge >= 0.3 is 6.18 Å². The predicted molar refractivity (Wildman–Crippen MR) is 71.3 cm³/mol. The van der Waals surface area contributed by atoms with Crippen LogP contribution in [0.1, 0.15) is 6.92 Å². The summed E-state index contributed by atoms with van der Waals surface area (Å²) < 4.78 is 37.9. The van der Waals surface area contributed by atoms with Gasteiger partial charge in [0.1, 0.15) is 0 Å². The minimum Gasteiger partial charge on any atom is -0.324 e. The molecule has 0 spiro atoms. The molecule has 0 saturated carbocycles. The molecule has 1 heterocycles. The quantitative estimate of drug-likeness (QED) is 0.813. The minimum atomic E-state index is -4.83. The Kier molecular flexibility index (Phi) is 3.73. The lowest BCUT2D eigenvalue weighted by Gasteiger charge is -2.26. The Morgan fingerprint density at radius 2 is 1.86 bits per heavy atom. The smallest absolute Gasteiger partial charge is 0.324 e. The second kappa shape index (κ2) is 5.21. The second-order valence-corrected chi connectivity index (χ2v) is 4.70. The van der Waals surface area contributed by atoms with E-state index in [1.54, 1.807) is 24.4 Å². The van der Waals surface area contributed by atoms with Crippen LogP contribution in [0.15, 0.2) is 36.5 Å². The zero-order valence-electron chi connectivity index (χ0n) is 11.0. The van der Waals surface area contributed by atoms with E-state index in [9.17, 15) is 18.0 Å². The number of aromatic amines is 1. The average molecular weight is 298 g/mol. The number of hydrogen-bond donors (Lipinski definition) is 3. The average Bonchev–Trinajstić information content (AvgIpc) is 2.92. The van der Waals surface area contributed by atoms with Crippen molar-refractivity contribution in [2.75, 3.05) is 5.32 Å². The van der Waals surface area contributed by atoms with Crippen LogP contribution in [0.5, 0.6) is 0 Å². The van der Waals surface area contributed by atoms with Gasteiger partial charge in [-0.2, -0.15) is 18.3 Å². The predicted octanol–water partition coefficient (Wildman–Crippen LogP) is 2.29. The fourth-order valence-corrected chi connectivity index (χ4v) is 1.54. The lowest BCUT2D eigenvalue weighted by Crippen LogP contribution is -2.59. The highest BCUT2D eigenvalue weighted by molar-refractivity contribution is 5.98. The van der Waals surface area contributed by atoms with Crippen LogP contribution in [-0.4, -0.2) is 27.8 Å². The van der Waals surface area contributed by atoms with Crippen LogP contribution < -0.4 is 11.1 Å². The van der Waals surface area contributed by atoms with Gasteiger partial charge < -0.3 is 11.1 Å². The maximum atomic E-state index is 12.6. The Morgan fingerprint density at radius 1 is 1.24 bits per heavy atom. The first-order valence-electron chi connectivity index (χ1n) is 5.98. The van der Waals surface area contributed by atoms with Gasteiger partial charge in [0, 0.05) is 11.9 Å². The van der Waals surface area contributed by atoms with Gasteiger partial charge in [-0.05, 0) is 30.7 Å². The van der Waals surface area contributed by atoms with Crippen molar-refractivity contribution in [2.24, 2.45) is 5.73 Å². The molecule has 0 radical (unpaired) electrons. The number of amides is 1. The molecular formula is C13H13F3N4O. The summed E-state index contributed by atoms with van der Waals surface area (Å²) in [5.74, 6) is -1.32. The summed E-state index contributed by atoms with van der Waals surface area (Å²) in [5, 5.41) is 8.70. The molecule has 0 aliphatic rings. The fraction of sp³-hybridized carbons (Fsp3) is 0.231. The van der Waals surface area contributed by atoms with Crippen LogP contribution >= 0.6 is 0 Å². The summed E-state index contributed by atoms with van der Waals surface area (Å²) in [4.78, 5) is 11.6. The van der Waals surface area contributed by atoms with Crippen molar-refractivity contribution < 1.29 is 18.0 Å². The minimum absolute atomic E-state index is 0.226. The van der Waals surface area contributed by atoms with Crippen molar-refractivity contribution in [3.05, 3.63) is 36.5 Å². The highest BCUT2D eigenvalue weighted by atomic mass is 19.4. The van der Waals surface area contributed by atoms with Crippen molar-refractivity contribution in [3.8, 4) is 11.3 Å². The zero-order valence-corrected chi connectivity index (χ0v) is 11.0. The van der Waals surface area contributed by atoms with Crippen LogP contribution in [0.25, 0.3) is 11.3 Å². The Balaban J connectivity index is 2.12. The molecule has 4 N–H and O–H groups in total. The number of anilines is 1. The summed E-state index contributed by atoms with van der Waals surface area (Å²) in [7, 11) is 0. The Morgan fingerprint density at radius 3 is 2.33 bits per heavy atom. The monoisotopic (exact) mass is 298 g/mol. The van der Waals surface area contributed by atoms with Gasteiger partial charge in [-0.15, -0.1) is 0 Å². The van der Waals surface area contributed by atoms with E-state index >= 15 is 0 Å². The molecule has 0 aliphatic carbocycles. The molecule has 21 heavy (non-hydrogen) atoms. The lowest BCUT2D eigenvalue weighted by atomic mass is 10.0. The number of carbonyl (C=O) groups is 1. The van der Waals surface area contributed by atoms with Gasteiger partial charge in [0.25, 0.3) is 5.91 Å². The molecule has 1 atom stereocenters. The molecule has 0 bridgehead atoms. The first-order valence-corrected chi connectivity index (χ1v) is 5.98. The van der Waals surface area contributed by atoms with E-state index in [0.717, 1.165) is 11.3 Å². The van der Waals surface area contributed by atoms with Crippen molar-refractivity contribution in [2.45, 2.75) is 18.6 Å². The van der Waals surface area contributed by atoms with E-state index in [4.69, 9.17) is 5.73 Å². The van der Waals surface area contributed by atoms with Gasteiger partial charge in [0.05, 0.1) is 5.69 Å². The summed E-state index contributed by atoms with van der Waals surface area (Å²) in [6.07, 6.45) is -3.25. The topological polar surface area (TPSA) is 83.8 Å². The molecule has 0 saturated heterocycles. The number of nitrogens with zero attached hydrogens (tertiary/aromatic N) is 1. The van der Waals surface area contributed by atoms with Crippen LogP contribution in [0.3, 0.4) is 0 Å². The number of halogens is 3. The molecule has 1 aromatic carbocycles. The highest BCUT2D eigenvalue weighted by Gasteiger charge is 2.53. The number of alkyl halides is 3. The summed E-state index contributed by atoms with van der Waals surface area (Å²) >= 11 is 0. The normalized spacial score (nSPS) is 14.5. The molecule has 0 fully saturated rings. The standard InChI is InChI=1S/C13H13F3N4O/c1-12(17,13(14,15)16)11(21)19-9-4-2-8(3-5-9)10-6-7-18-20-10/h2-7H,17H2,1H3,(H,18,20)(H,19,21). The second-order valence-electron chi connectivity index (χ2n) is 4.70. The third-order valence-electron chi connectivity index (χ3n) is 3.02. The van der Waals surface area contributed by atoms with Crippen LogP contribution in [0, 0.1) is 0 Å². The number of aromatic nitrogens is 2. The largest absolute Gasteiger partial charge is 0.415 e. The van der Waals surface area contributed by atoms with Gasteiger partial charge in [-0.1, -0.05) is 12.1 Å². The van der Waals surface area contributed by atoms with E-state index in [-0.39, 0.29) is 5.69 Å². The Labute approximate surface area is 118 Å².